The zero-order valence-electron chi connectivity index (χ0n) is 7.57. The van der Waals surface area contributed by atoms with Crippen LogP contribution >= 0.6 is 11.3 Å². The molecule has 0 amide bonds. The molecule has 1 aromatic heterocycles. The van der Waals surface area contributed by atoms with Gasteiger partial charge >= 0.3 is 5.97 Å². The number of carboxylic acid groups (broad SMARTS) is 1. The Morgan fingerprint density at radius 1 is 1.69 bits per heavy atom. The van der Waals surface area contributed by atoms with Gasteiger partial charge in [0.25, 0.3) is 0 Å². The van der Waals surface area contributed by atoms with Crippen LogP contribution in [0.3, 0.4) is 0 Å². The number of nitrogens with two attached hydrogens (primary N) is 1. The topological polar surface area (TPSA) is 76.2 Å². The fraction of sp³-hybridized carbons (Fsp3) is 0.500. The molecular weight excluding hydrogens is 188 g/mol. The molecule has 0 aromatic carbocycles. The zero-order valence-corrected chi connectivity index (χ0v) is 8.39. The van der Waals surface area contributed by atoms with Crippen molar-refractivity contribution in [2.75, 3.05) is 0 Å². The lowest BCUT2D eigenvalue weighted by molar-refractivity contribution is 0.0700. The number of thiazole rings is 1. The second-order valence-corrected chi connectivity index (χ2v) is 4.02. The maximum atomic E-state index is 10.7. The van der Waals surface area contributed by atoms with Gasteiger partial charge in [0.2, 0.25) is 0 Å². The van der Waals surface area contributed by atoms with Gasteiger partial charge in [0.15, 0.2) is 0 Å². The van der Waals surface area contributed by atoms with E-state index in [0.29, 0.717) is 5.69 Å². The van der Waals surface area contributed by atoms with Crippen LogP contribution in [0.4, 0.5) is 0 Å². The standard InChI is InChI=1S/C8H12N2O2S/c1-4(2)7-10-5(3-9)6(13-7)8(11)12/h4H,3,9H2,1-2H3,(H,11,12). The highest BCUT2D eigenvalue weighted by Crippen LogP contribution is 2.24. The predicted molar refractivity (Wildman–Crippen MR) is 51.1 cm³/mol. The quantitative estimate of drug-likeness (QED) is 0.773. The number of hydrogen-bond donors (Lipinski definition) is 2. The molecule has 0 fully saturated rings. The van der Waals surface area contributed by atoms with Crippen LogP contribution in [0.5, 0.6) is 0 Å². The first-order valence-corrected chi connectivity index (χ1v) is 4.80. The first-order valence-electron chi connectivity index (χ1n) is 3.99. The monoisotopic (exact) mass is 200 g/mol. The van der Waals surface area contributed by atoms with Crippen molar-refractivity contribution in [3.05, 3.63) is 15.6 Å². The van der Waals surface area contributed by atoms with Gasteiger partial charge in [-0.15, -0.1) is 11.3 Å². The number of hydrogen-bond acceptors (Lipinski definition) is 4. The van der Waals surface area contributed by atoms with Crippen molar-refractivity contribution in [2.45, 2.75) is 26.3 Å². The molecule has 0 saturated heterocycles. The lowest BCUT2D eigenvalue weighted by Gasteiger charge is -1.95. The van der Waals surface area contributed by atoms with Gasteiger partial charge < -0.3 is 10.8 Å². The highest BCUT2D eigenvalue weighted by Gasteiger charge is 2.17. The summed E-state index contributed by atoms with van der Waals surface area (Å²) >= 11 is 1.21. The van der Waals surface area contributed by atoms with Gasteiger partial charge in [-0.3, -0.25) is 0 Å². The summed E-state index contributed by atoms with van der Waals surface area (Å²) in [5.74, 6) is -0.687. The molecule has 0 aliphatic carbocycles. The molecular formula is C8H12N2O2S. The van der Waals surface area contributed by atoms with E-state index in [0.717, 1.165) is 5.01 Å². The minimum atomic E-state index is -0.940. The van der Waals surface area contributed by atoms with Crippen LogP contribution in [0.25, 0.3) is 0 Å². The van der Waals surface area contributed by atoms with Crippen molar-refractivity contribution in [3.63, 3.8) is 0 Å². The number of rotatable bonds is 3. The maximum Gasteiger partial charge on any atom is 0.347 e. The van der Waals surface area contributed by atoms with Crippen LogP contribution in [0.2, 0.25) is 0 Å². The van der Waals surface area contributed by atoms with Gasteiger partial charge in [-0.2, -0.15) is 0 Å². The molecule has 4 nitrogen and oxygen atoms in total. The minimum absolute atomic E-state index is 0.185. The Morgan fingerprint density at radius 2 is 2.31 bits per heavy atom. The summed E-state index contributed by atoms with van der Waals surface area (Å²) in [6.07, 6.45) is 0. The normalized spacial score (nSPS) is 10.8. The minimum Gasteiger partial charge on any atom is -0.477 e. The third-order valence-corrected chi connectivity index (χ3v) is 2.98. The van der Waals surface area contributed by atoms with Crippen LogP contribution in [0.1, 0.15) is 40.1 Å². The fourth-order valence-corrected chi connectivity index (χ4v) is 1.86. The van der Waals surface area contributed by atoms with Crippen molar-refractivity contribution in [3.8, 4) is 0 Å². The van der Waals surface area contributed by atoms with Crippen LogP contribution in [0.15, 0.2) is 0 Å². The van der Waals surface area contributed by atoms with E-state index in [1.54, 1.807) is 0 Å². The SMILES string of the molecule is CC(C)c1nc(CN)c(C(=O)O)s1. The average molecular weight is 200 g/mol. The summed E-state index contributed by atoms with van der Waals surface area (Å²) < 4.78 is 0. The number of aromatic carboxylic acids is 1. The van der Waals surface area contributed by atoms with Gasteiger partial charge in [0, 0.05) is 12.5 Å². The molecule has 0 atom stereocenters. The molecule has 0 saturated carbocycles. The van der Waals surface area contributed by atoms with Crippen molar-refractivity contribution in [1.29, 1.82) is 0 Å². The molecule has 0 aliphatic rings. The van der Waals surface area contributed by atoms with E-state index < -0.39 is 5.97 Å². The molecule has 0 unspecified atom stereocenters. The van der Waals surface area contributed by atoms with E-state index in [1.165, 1.54) is 11.3 Å². The van der Waals surface area contributed by atoms with E-state index in [1.807, 2.05) is 13.8 Å². The zero-order chi connectivity index (χ0) is 10.0. The smallest absolute Gasteiger partial charge is 0.347 e. The van der Waals surface area contributed by atoms with Crippen LogP contribution in [-0.2, 0) is 6.54 Å². The van der Waals surface area contributed by atoms with E-state index in [-0.39, 0.29) is 17.3 Å². The van der Waals surface area contributed by atoms with Crippen LogP contribution in [-0.4, -0.2) is 16.1 Å². The molecule has 0 bridgehead atoms. The number of aromatic nitrogens is 1. The molecule has 72 valence electrons. The number of carbonyl (C=O) groups is 1. The van der Waals surface area contributed by atoms with E-state index in [2.05, 4.69) is 4.98 Å². The van der Waals surface area contributed by atoms with Gasteiger partial charge in [-0.05, 0) is 0 Å². The highest BCUT2D eigenvalue weighted by molar-refractivity contribution is 7.13. The third-order valence-electron chi connectivity index (χ3n) is 1.60. The first kappa shape index (κ1) is 10.1. The van der Waals surface area contributed by atoms with Crippen molar-refractivity contribution >= 4 is 17.3 Å². The van der Waals surface area contributed by atoms with Crippen LogP contribution in [0, 0.1) is 0 Å². The van der Waals surface area contributed by atoms with E-state index in [9.17, 15) is 4.79 Å². The first-order chi connectivity index (χ1) is 6.06. The van der Waals surface area contributed by atoms with Crippen LogP contribution < -0.4 is 5.73 Å². The van der Waals surface area contributed by atoms with E-state index >= 15 is 0 Å². The Kier molecular flexibility index (Phi) is 3.00. The summed E-state index contributed by atoms with van der Waals surface area (Å²) in [6.45, 7) is 4.14. The van der Waals surface area contributed by atoms with Gasteiger partial charge in [0.1, 0.15) is 4.88 Å². The largest absolute Gasteiger partial charge is 0.477 e. The van der Waals surface area contributed by atoms with Gasteiger partial charge in [-0.25, -0.2) is 9.78 Å². The molecule has 0 aliphatic heterocycles. The Labute approximate surface area is 80.4 Å². The van der Waals surface area contributed by atoms with Crippen molar-refractivity contribution < 1.29 is 9.90 Å². The summed E-state index contributed by atoms with van der Waals surface area (Å²) in [5, 5.41) is 9.64. The Morgan fingerprint density at radius 3 is 2.62 bits per heavy atom. The average Bonchev–Trinajstić information content (AvgIpc) is 2.47. The molecule has 1 rings (SSSR count). The molecule has 1 heterocycles. The Balaban J connectivity index is 3.11. The predicted octanol–water partition coefficient (Wildman–Crippen LogP) is 1.42. The lowest BCUT2D eigenvalue weighted by atomic mass is 10.2. The Hall–Kier alpha value is -0.940. The lowest BCUT2D eigenvalue weighted by Crippen LogP contribution is -2.04. The molecule has 5 heteroatoms. The van der Waals surface area contributed by atoms with E-state index in [4.69, 9.17) is 10.8 Å². The molecule has 1 aromatic rings. The summed E-state index contributed by atoms with van der Waals surface area (Å²) in [5.41, 5.74) is 5.87. The molecule has 0 radical (unpaired) electrons. The van der Waals surface area contributed by atoms with Gasteiger partial charge in [0.05, 0.1) is 10.7 Å². The van der Waals surface area contributed by atoms with Crippen molar-refractivity contribution in [2.24, 2.45) is 5.73 Å². The maximum absolute atomic E-state index is 10.7. The summed E-state index contributed by atoms with van der Waals surface area (Å²) in [7, 11) is 0. The number of nitrogens with zero attached hydrogens (tertiary/aromatic N) is 1. The fourth-order valence-electron chi connectivity index (χ4n) is 0.922. The second-order valence-electron chi connectivity index (χ2n) is 2.99. The Bertz CT molecular complexity index is 320. The second kappa shape index (κ2) is 3.85. The van der Waals surface area contributed by atoms with Gasteiger partial charge in [-0.1, -0.05) is 13.8 Å². The summed E-state index contributed by atoms with van der Waals surface area (Å²) in [4.78, 5) is 15.2. The number of carboxylic acids is 1. The third kappa shape index (κ3) is 2.05. The van der Waals surface area contributed by atoms with Crippen molar-refractivity contribution in [1.82, 2.24) is 4.98 Å². The molecule has 0 spiro atoms. The summed E-state index contributed by atoms with van der Waals surface area (Å²) in [6, 6.07) is 0. The highest BCUT2D eigenvalue weighted by atomic mass is 32.1. The molecule has 13 heavy (non-hydrogen) atoms. The molecule has 3 N–H and O–H groups in total.